The number of carbonyl (C=O) groups excluding carboxylic acids is 1. The molecule has 1 aromatic heterocycles. The van der Waals surface area contributed by atoms with Crippen molar-refractivity contribution in [1.29, 1.82) is 0 Å². The van der Waals surface area contributed by atoms with Gasteiger partial charge >= 0.3 is 0 Å². The zero-order valence-corrected chi connectivity index (χ0v) is 10.7. The summed E-state index contributed by atoms with van der Waals surface area (Å²) in [5, 5.41) is 18.3. The lowest BCUT2D eigenvalue weighted by atomic mass is 10.1. The molecule has 2 aromatic rings. The van der Waals surface area contributed by atoms with Crippen LogP contribution in [0.2, 0.25) is 0 Å². The van der Waals surface area contributed by atoms with E-state index in [0.29, 0.717) is 10.7 Å². The van der Waals surface area contributed by atoms with E-state index in [-0.39, 0.29) is 17.3 Å². The summed E-state index contributed by atoms with van der Waals surface area (Å²) in [5.41, 5.74) is 0.537. The van der Waals surface area contributed by atoms with Gasteiger partial charge in [0, 0.05) is 30.3 Å². The molecule has 2 rings (SSSR count). The number of aromatic nitrogens is 1. The minimum absolute atomic E-state index is 0.0756. The topological polar surface area (TPSA) is 97.2 Å². The summed E-state index contributed by atoms with van der Waals surface area (Å²) in [6.07, 6.45) is 1.58. The Hall–Kier alpha value is -2.48. The van der Waals surface area contributed by atoms with Gasteiger partial charge in [-0.2, -0.15) is 0 Å². The number of nitro groups is 1. The van der Waals surface area contributed by atoms with Crippen LogP contribution in [0.4, 0.5) is 16.5 Å². The average Bonchev–Trinajstić information content (AvgIpc) is 2.90. The molecule has 8 heteroatoms. The Bertz CT molecular complexity index is 612. The van der Waals surface area contributed by atoms with E-state index in [0.717, 1.165) is 0 Å². The lowest BCUT2D eigenvalue weighted by molar-refractivity contribution is -0.383. The Morgan fingerprint density at radius 3 is 2.84 bits per heavy atom. The molecule has 0 spiro atoms. The summed E-state index contributed by atoms with van der Waals surface area (Å²) in [5.74, 6) is -0.360. The van der Waals surface area contributed by atoms with Crippen LogP contribution in [0.1, 0.15) is 10.4 Å². The maximum atomic E-state index is 11.9. The molecule has 0 aliphatic carbocycles. The lowest BCUT2D eigenvalue weighted by Crippen LogP contribution is -2.12. The molecule has 1 amide bonds. The van der Waals surface area contributed by atoms with Crippen LogP contribution in [0.3, 0.4) is 0 Å². The molecule has 19 heavy (non-hydrogen) atoms. The van der Waals surface area contributed by atoms with Crippen molar-refractivity contribution in [2.75, 3.05) is 17.7 Å². The van der Waals surface area contributed by atoms with Gasteiger partial charge in [-0.25, -0.2) is 4.98 Å². The minimum atomic E-state index is -0.506. The molecule has 0 fully saturated rings. The molecule has 0 unspecified atom stereocenters. The molecule has 1 aromatic carbocycles. The van der Waals surface area contributed by atoms with Crippen LogP contribution in [-0.2, 0) is 0 Å². The van der Waals surface area contributed by atoms with Crippen LogP contribution in [0, 0.1) is 10.1 Å². The van der Waals surface area contributed by atoms with Gasteiger partial charge in [0.05, 0.1) is 4.92 Å². The van der Waals surface area contributed by atoms with Crippen molar-refractivity contribution in [1.82, 2.24) is 4.98 Å². The van der Waals surface area contributed by atoms with Gasteiger partial charge in [-0.1, -0.05) is 0 Å². The van der Waals surface area contributed by atoms with Gasteiger partial charge in [0.2, 0.25) is 0 Å². The summed E-state index contributed by atoms with van der Waals surface area (Å²) in [7, 11) is 1.56. The van der Waals surface area contributed by atoms with E-state index in [9.17, 15) is 14.9 Å². The first-order valence-corrected chi connectivity index (χ1v) is 6.17. The SMILES string of the molecule is CNc1cc(C(=O)Nc2nccs2)ccc1[N+](=O)[O-]. The summed E-state index contributed by atoms with van der Waals surface area (Å²) in [4.78, 5) is 26.1. The van der Waals surface area contributed by atoms with Gasteiger partial charge in [-0.15, -0.1) is 11.3 Å². The highest BCUT2D eigenvalue weighted by Gasteiger charge is 2.16. The third kappa shape index (κ3) is 2.86. The van der Waals surface area contributed by atoms with Gasteiger partial charge in [0.25, 0.3) is 11.6 Å². The number of thiazole rings is 1. The van der Waals surface area contributed by atoms with E-state index in [1.54, 1.807) is 18.6 Å². The van der Waals surface area contributed by atoms with Gasteiger partial charge in [-0.05, 0) is 12.1 Å². The number of nitrogens with zero attached hydrogens (tertiary/aromatic N) is 2. The van der Waals surface area contributed by atoms with Crippen LogP contribution in [0.5, 0.6) is 0 Å². The zero-order valence-electron chi connectivity index (χ0n) is 9.91. The van der Waals surface area contributed by atoms with E-state index in [2.05, 4.69) is 15.6 Å². The molecule has 0 bridgehead atoms. The molecule has 7 nitrogen and oxygen atoms in total. The summed E-state index contributed by atoms with van der Waals surface area (Å²) in [6.45, 7) is 0. The monoisotopic (exact) mass is 278 g/mol. The van der Waals surface area contributed by atoms with Crippen molar-refractivity contribution in [2.45, 2.75) is 0 Å². The number of rotatable bonds is 4. The molecular formula is C11H10N4O3S. The van der Waals surface area contributed by atoms with Gasteiger partial charge in [-0.3, -0.25) is 20.2 Å². The van der Waals surface area contributed by atoms with Gasteiger partial charge in [0.15, 0.2) is 5.13 Å². The highest BCUT2D eigenvalue weighted by molar-refractivity contribution is 7.13. The number of anilines is 2. The third-order valence-corrected chi connectivity index (χ3v) is 3.07. The second-order valence-corrected chi connectivity index (χ2v) is 4.42. The first-order chi connectivity index (χ1) is 9.11. The van der Waals surface area contributed by atoms with Crippen molar-refractivity contribution >= 4 is 33.8 Å². The molecule has 2 N–H and O–H groups in total. The number of amides is 1. The van der Waals surface area contributed by atoms with Crippen molar-refractivity contribution in [2.24, 2.45) is 0 Å². The van der Waals surface area contributed by atoms with Crippen molar-refractivity contribution < 1.29 is 9.72 Å². The summed E-state index contributed by atoms with van der Waals surface area (Å²) < 4.78 is 0. The van der Waals surface area contributed by atoms with Crippen molar-refractivity contribution in [3.8, 4) is 0 Å². The van der Waals surface area contributed by atoms with E-state index in [1.807, 2.05) is 0 Å². The smallest absolute Gasteiger partial charge is 0.292 e. The van der Waals surface area contributed by atoms with Crippen molar-refractivity contribution in [3.05, 3.63) is 45.5 Å². The first-order valence-electron chi connectivity index (χ1n) is 5.29. The fourth-order valence-electron chi connectivity index (χ4n) is 1.49. The van der Waals surface area contributed by atoms with Crippen LogP contribution < -0.4 is 10.6 Å². The van der Waals surface area contributed by atoms with E-state index < -0.39 is 4.92 Å². The third-order valence-electron chi connectivity index (χ3n) is 2.38. The Labute approximate surface area is 112 Å². The Kier molecular flexibility index (Phi) is 3.71. The molecule has 0 aliphatic rings. The van der Waals surface area contributed by atoms with Crippen LogP contribution >= 0.6 is 11.3 Å². The lowest BCUT2D eigenvalue weighted by Gasteiger charge is -2.05. The van der Waals surface area contributed by atoms with Crippen LogP contribution in [0.25, 0.3) is 0 Å². The molecule has 1 heterocycles. The molecule has 0 atom stereocenters. The van der Waals surface area contributed by atoms with Crippen LogP contribution in [-0.4, -0.2) is 22.9 Å². The predicted octanol–water partition coefficient (Wildman–Crippen LogP) is 2.35. The zero-order chi connectivity index (χ0) is 13.8. The minimum Gasteiger partial charge on any atom is -0.383 e. The van der Waals surface area contributed by atoms with Crippen LogP contribution in [0.15, 0.2) is 29.8 Å². The van der Waals surface area contributed by atoms with E-state index in [4.69, 9.17) is 0 Å². The Morgan fingerprint density at radius 2 is 2.26 bits per heavy atom. The van der Waals surface area contributed by atoms with E-state index >= 15 is 0 Å². The fraction of sp³-hybridized carbons (Fsp3) is 0.0909. The Morgan fingerprint density at radius 1 is 1.47 bits per heavy atom. The maximum absolute atomic E-state index is 11.9. The largest absolute Gasteiger partial charge is 0.383 e. The Balaban J connectivity index is 2.25. The number of hydrogen-bond acceptors (Lipinski definition) is 6. The van der Waals surface area contributed by atoms with Crippen molar-refractivity contribution in [3.63, 3.8) is 0 Å². The summed E-state index contributed by atoms with van der Waals surface area (Å²) in [6, 6.07) is 4.13. The maximum Gasteiger partial charge on any atom is 0.292 e. The fourth-order valence-corrected chi connectivity index (χ4v) is 2.02. The molecule has 0 radical (unpaired) electrons. The van der Waals surface area contributed by atoms with Gasteiger partial charge in [0.1, 0.15) is 5.69 Å². The normalized spacial score (nSPS) is 9.95. The predicted molar refractivity (Wildman–Crippen MR) is 72.7 cm³/mol. The second kappa shape index (κ2) is 5.44. The molecular weight excluding hydrogens is 268 g/mol. The average molecular weight is 278 g/mol. The molecule has 0 saturated carbocycles. The number of nitro benzene ring substituents is 1. The number of carbonyl (C=O) groups is 1. The standard InChI is InChI=1S/C11H10N4O3S/c1-12-8-6-7(2-3-9(8)15(17)18)10(16)14-11-13-4-5-19-11/h2-6,12H,1H3,(H,13,14,16). The first kappa shape index (κ1) is 13.0. The second-order valence-electron chi connectivity index (χ2n) is 3.53. The quantitative estimate of drug-likeness (QED) is 0.661. The van der Waals surface area contributed by atoms with E-state index in [1.165, 1.54) is 29.5 Å². The number of nitrogens with one attached hydrogen (secondary N) is 2. The highest BCUT2D eigenvalue weighted by Crippen LogP contribution is 2.25. The number of hydrogen-bond donors (Lipinski definition) is 2. The number of benzene rings is 1. The molecule has 0 aliphatic heterocycles. The molecule has 98 valence electrons. The molecule has 0 saturated heterocycles. The summed E-state index contributed by atoms with van der Waals surface area (Å²) >= 11 is 1.30. The van der Waals surface area contributed by atoms with Gasteiger partial charge < -0.3 is 5.32 Å². The highest BCUT2D eigenvalue weighted by atomic mass is 32.1.